The number of fused-ring (bicyclic) bond motifs is 2. The van der Waals surface area contributed by atoms with Gasteiger partial charge in [0.1, 0.15) is 11.3 Å². The molecule has 1 aromatic heterocycles. The Balaban J connectivity index is 1.42. The van der Waals surface area contributed by atoms with Gasteiger partial charge in [0.15, 0.2) is 6.61 Å². The smallest absolute Gasteiger partial charge is 0.336 e. The van der Waals surface area contributed by atoms with Crippen LogP contribution in [0, 0.1) is 0 Å². The van der Waals surface area contributed by atoms with Crippen LogP contribution in [0.15, 0.2) is 33.5 Å². The van der Waals surface area contributed by atoms with E-state index in [1.165, 1.54) is 6.07 Å². The summed E-state index contributed by atoms with van der Waals surface area (Å²) in [7, 11) is 1.76. The van der Waals surface area contributed by atoms with E-state index < -0.39 is 5.63 Å². The second kappa shape index (κ2) is 7.87. The van der Waals surface area contributed by atoms with Crippen LogP contribution in [0.4, 0.5) is 0 Å². The van der Waals surface area contributed by atoms with E-state index >= 15 is 0 Å². The van der Waals surface area contributed by atoms with Crippen molar-refractivity contribution in [3.05, 3.63) is 40.2 Å². The fraction of sp³-hybridized carbons (Fsp3) is 0.476. The third kappa shape index (κ3) is 3.85. The fourth-order valence-corrected chi connectivity index (χ4v) is 3.98. The lowest BCUT2D eigenvalue weighted by Crippen LogP contribution is -2.43. The molecule has 2 atom stereocenters. The lowest BCUT2D eigenvalue weighted by molar-refractivity contribution is -0.135. The highest BCUT2D eigenvalue weighted by atomic mass is 16.5. The molecule has 2 aliphatic rings. The number of likely N-dealkylation sites (tertiary alicyclic amines) is 1. The second-order valence-corrected chi connectivity index (χ2v) is 7.42. The third-order valence-corrected chi connectivity index (χ3v) is 5.67. The van der Waals surface area contributed by atoms with Gasteiger partial charge < -0.3 is 23.7 Å². The van der Waals surface area contributed by atoms with Gasteiger partial charge in [0.05, 0.1) is 25.2 Å². The molecule has 1 aromatic carbocycles. The zero-order valence-electron chi connectivity index (χ0n) is 16.6. The van der Waals surface area contributed by atoms with Crippen molar-refractivity contribution >= 4 is 22.8 Å². The van der Waals surface area contributed by atoms with Gasteiger partial charge in [0.2, 0.25) is 5.91 Å². The van der Waals surface area contributed by atoms with Crippen molar-refractivity contribution in [1.82, 2.24) is 9.80 Å². The van der Waals surface area contributed by atoms with Crippen LogP contribution in [0.1, 0.15) is 18.9 Å². The van der Waals surface area contributed by atoms with E-state index in [-0.39, 0.29) is 30.6 Å². The molecule has 2 aliphatic heterocycles. The van der Waals surface area contributed by atoms with Gasteiger partial charge in [-0.05, 0) is 24.1 Å². The molecule has 0 aliphatic carbocycles. The molecule has 8 nitrogen and oxygen atoms in total. The first-order chi connectivity index (χ1) is 14.0. The van der Waals surface area contributed by atoms with Gasteiger partial charge in [0.25, 0.3) is 5.91 Å². The van der Waals surface area contributed by atoms with Crippen LogP contribution in [-0.4, -0.2) is 67.1 Å². The summed E-state index contributed by atoms with van der Waals surface area (Å²) in [6, 6.07) is 6.59. The normalized spacial score (nSPS) is 21.9. The summed E-state index contributed by atoms with van der Waals surface area (Å²) < 4.78 is 16.7. The Bertz CT molecular complexity index is 1000. The zero-order chi connectivity index (χ0) is 20.5. The molecule has 0 bridgehead atoms. The van der Waals surface area contributed by atoms with Crippen molar-refractivity contribution < 1.29 is 23.5 Å². The molecule has 2 fully saturated rings. The highest BCUT2D eigenvalue weighted by Crippen LogP contribution is 2.24. The highest BCUT2D eigenvalue weighted by molar-refractivity contribution is 5.82. The molecule has 0 saturated carbocycles. The van der Waals surface area contributed by atoms with Crippen molar-refractivity contribution in [2.24, 2.45) is 0 Å². The number of rotatable bonds is 4. The maximum absolute atomic E-state index is 12.6. The van der Waals surface area contributed by atoms with E-state index in [2.05, 4.69) is 0 Å². The van der Waals surface area contributed by atoms with Gasteiger partial charge >= 0.3 is 5.63 Å². The summed E-state index contributed by atoms with van der Waals surface area (Å²) in [4.78, 5) is 39.7. The number of carbonyl (C=O) groups is 2. The van der Waals surface area contributed by atoms with Gasteiger partial charge in [-0.15, -0.1) is 0 Å². The van der Waals surface area contributed by atoms with Crippen LogP contribution in [0.2, 0.25) is 0 Å². The molecule has 3 heterocycles. The molecule has 0 N–H and O–H groups in total. The number of hydrogen-bond donors (Lipinski definition) is 0. The molecule has 154 valence electrons. The number of aryl methyl sites for hydroxylation is 1. The highest BCUT2D eigenvalue weighted by Gasteiger charge is 2.41. The number of likely N-dealkylation sites (N-methyl/N-ethyl adjacent to an activating group) is 1. The summed E-state index contributed by atoms with van der Waals surface area (Å²) in [5.41, 5.74) is 0.946. The molecular formula is C21H24N2O6. The van der Waals surface area contributed by atoms with Crippen LogP contribution in [0.3, 0.4) is 0 Å². The first-order valence-electron chi connectivity index (χ1n) is 9.81. The first-order valence-corrected chi connectivity index (χ1v) is 9.81. The lowest BCUT2D eigenvalue weighted by atomic mass is 10.1. The largest absolute Gasteiger partial charge is 0.484 e. The molecule has 0 radical (unpaired) electrons. The Morgan fingerprint density at radius 1 is 1.24 bits per heavy atom. The van der Waals surface area contributed by atoms with E-state index in [1.54, 1.807) is 29.0 Å². The summed E-state index contributed by atoms with van der Waals surface area (Å²) in [6.07, 6.45) is 0.924. The summed E-state index contributed by atoms with van der Waals surface area (Å²) in [6.45, 7) is 3.09. The predicted molar refractivity (Wildman–Crippen MR) is 105 cm³/mol. The Labute approximate surface area is 168 Å². The molecule has 2 aromatic rings. The minimum absolute atomic E-state index is 0.0344. The van der Waals surface area contributed by atoms with Gasteiger partial charge in [-0.1, -0.05) is 6.92 Å². The minimum atomic E-state index is -0.406. The second-order valence-electron chi connectivity index (χ2n) is 7.42. The average molecular weight is 400 g/mol. The Morgan fingerprint density at radius 2 is 2.07 bits per heavy atom. The molecular weight excluding hydrogens is 376 g/mol. The first kappa shape index (κ1) is 19.4. The summed E-state index contributed by atoms with van der Waals surface area (Å²) in [5.74, 6) is 0.317. The molecule has 0 spiro atoms. The van der Waals surface area contributed by atoms with E-state index in [0.717, 1.165) is 17.4 Å². The van der Waals surface area contributed by atoms with Crippen molar-refractivity contribution in [2.75, 3.05) is 33.4 Å². The Hall–Kier alpha value is -2.87. The number of ether oxygens (including phenoxy) is 2. The predicted octanol–water partition coefficient (Wildman–Crippen LogP) is 1.19. The minimum Gasteiger partial charge on any atom is -0.484 e. The van der Waals surface area contributed by atoms with Crippen LogP contribution in [0.25, 0.3) is 11.0 Å². The summed E-state index contributed by atoms with van der Waals surface area (Å²) >= 11 is 0. The maximum Gasteiger partial charge on any atom is 0.336 e. The van der Waals surface area contributed by atoms with Gasteiger partial charge in [-0.25, -0.2) is 4.79 Å². The number of hydrogen-bond acceptors (Lipinski definition) is 6. The standard InChI is InChI=1S/C21H24N2O6/c1-3-13-8-21(26)29-17-9-14(4-5-15(13)17)28-12-20(25)23-10-16-18(11-23)27-7-6-19(24)22(16)2/h4-5,8-9,16,18H,3,6-7,10-12H2,1-2H3/t16-,18-/m0/s1. The van der Waals surface area contributed by atoms with Crippen LogP contribution in [0.5, 0.6) is 5.75 Å². The third-order valence-electron chi connectivity index (χ3n) is 5.67. The van der Waals surface area contributed by atoms with Crippen molar-refractivity contribution in [1.29, 1.82) is 0 Å². The number of carbonyl (C=O) groups excluding carboxylic acids is 2. The maximum atomic E-state index is 12.6. The SMILES string of the molecule is CCc1cc(=O)oc2cc(OCC(=O)N3C[C@@H]4OCCC(=O)N(C)[C@H]4C3)ccc12. The summed E-state index contributed by atoms with van der Waals surface area (Å²) in [5, 5.41) is 0.857. The topological polar surface area (TPSA) is 89.3 Å². The van der Waals surface area contributed by atoms with Crippen molar-refractivity contribution in [3.8, 4) is 5.75 Å². The molecule has 0 unspecified atom stereocenters. The Kier molecular flexibility index (Phi) is 5.27. The molecule has 8 heteroatoms. The molecule has 4 rings (SSSR count). The van der Waals surface area contributed by atoms with E-state index in [9.17, 15) is 14.4 Å². The van der Waals surface area contributed by atoms with Gasteiger partial charge in [-0.2, -0.15) is 0 Å². The average Bonchev–Trinajstić information content (AvgIpc) is 3.09. The van der Waals surface area contributed by atoms with Crippen LogP contribution < -0.4 is 10.4 Å². The van der Waals surface area contributed by atoms with Crippen molar-refractivity contribution in [2.45, 2.75) is 31.9 Å². The Morgan fingerprint density at radius 3 is 2.86 bits per heavy atom. The number of benzene rings is 1. The monoisotopic (exact) mass is 400 g/mol. The molecule has 2 saturated heterocycles. The van der Waals surface area contributed by atoms with Gasteiger partial charge in [0, 0.05) is 37.7 Å². The van der Waals surface area contributed by atoms with E-state index in [1.807, 2.05) is 13.0 Å². The van der Waals surface area contributed by atoms with Crippen LogP contribution in [-0.2, 0) is 20.7 Å². The van der Waals surface area contributed by atoms with Crippen LogP contribution >= 0.6 is 0 Å². The van der Waals surface area contributed by atoms with E-state index in [0.29, 0.717) is 37.4 Å². The molecule has 2 amide bonds. The number of amides is 2. The van der Waals surface area contributed by atoms with E-state index in [4.69, 9.17) is 13.9 Å². The quantitative estimate of drug-likeness (QED) is 0.717. The lowest BCUT2D eigenvalue weighted by Gasteiger charge is -2.25. The zero-order valence-corrected chi connectivity index (χ0v) is 16.6. The van der Waals surface area contributed by atoms with Gasteiger partial charge in [-0.3, -0.25) is 9.59 Å². The fourth-order valence-electron chi connectivity index (χ4n) is 3.98. The molecule has 29 heavy (non-hydrogen) atoms. The number of nitrogens with zero attached hydrogens (tertiary/aromatic N) is 2. The van der Waals surface area contributed by atoms with Crippen molar-refractivity contribution in [3.63, 3.8) is 0 Å².